The number of fused-ring (bicyclic) bond motifs is 1. The van der Waals surface area contributed by atoms with Crippen LogP contribution < -0.4 is 10.6 Å². The summed E-state index contributed by atoms with van der Waals surface area (Å²) in [4.78, 5) is 29.4. The van der Waals surface area contributed by atoms with Crippen LogP contribution in [0.25, 0.3) is 22.9 Å². The molecule has 4 N–H and O–H groups in total. The molecule has 5 rings (SSSR count). The maximum absolute atomic E-state index is 13.5. The number of amides is 2. The molecule has 0 aliphatic carbocycles. The maximum Gasteiger partial charge on any atom is 0.256 e. The summed E-state index contributed by atoms with van der Waals surface area (Å²) in [5.74, 6) is -0.601. The van der Waals surface area contributed by atoms with E-state index in [9.17, 15) is 14.7 Å². The van der Waals surface area contributed by atoms with E-state index >= 15 is 0 Å². The monoisotopic (exact) mass is 453 g/mol. The van der Waals surface area contributed by atoms with Gasteiger partial charge in [0.15, 0.2) is 0 Å². The zero-order valence-electron chi connectivity index (χ0n) is 18.4. The number of H-pyrrole nitrogens is 1. The largest absolute Gasteiger partial charge is 0.394 e. The van der Waals surface area contributed by atoms with Gasteiger partial charge in [-0.15, -0.1) is 0 Å². The first-order valence-corrected chi connectivity index (χ1v) is 10.8. The zero-order chi connectivity index (χ0) is 23.7. The molecule has 0 saturated heterocycles. The molecule has 2 amide bonds. The highest BCUT2D eigenvalue weighted by atomic mass is 16.3. The number of anilines is 1. The Balaban J connectivity index is 1.60. The van der Waals surface area contributed by atoms with Crippen LogP contribution in [0, 0.1) is 0 Å². The lowest BCUT2D eigenvalue weighted by atomic mass is 9.96. The van der Waals surface area contributed by atoms with Crippen LogP contribution in [-0.4, -0.2) is 38.3 Å². The highest BCUT2D eigenvalue weighted by Crippen LogP contribution is 2.38. The van der Waals surface area contributed by atoms with Gasteiger partial charge in [-0.2, -0.15) is 5.10 Å². The van der Waals surface area contributed by atoms with Crippen LogP contribution in [0.1, 0.15) is 33.2 Å². The first-order chi connectivity index (χ1) is 16.5. The lowest BCUT2D eigenvalue weighted by Crippen LogP contribution is -2.31. The Morgan fingerprint density at radius 3 is 2.65 bits per heavy atom. The van der Waals surface area contributed by atoms with Crippen molar-refractivity contribution in [2.24, 2.45) is 7.05 Å². The number of carbonyl (C=O) groups is 2. The Morgan fingerprint density at radius 1 is 1.15 bits per heavy atom. The summed E-state index contributed by atoms with van der Waals surface area (Å²) in [5.41, 5.74) is 5.03. The Kier molecular flexibility index (Phi) is 5.57. The van der Waals surface area contributed by atoms with Crippen LogP contribution in [0.5, 0.6) is 0 Å². The van der Waals surface area contributed by atoms with Gasteiger partial charge < -0.3 is 20.7 Å². The summed E-state index contributed by atoms with van der Waals surface area (Å²) in [7, 11) is 1.79. The molecule has 0 spiro atoms. The van der Waals surface area contributed by atoms with Gasteiger partial charge in [0.1, 0.15) is 0 Å². The van der Waals surface area contributed by atoms with Crippen molar-refractivity contribution in [3.63, 3.8) is 0 Å². The molecule has 4 aromatic rings. The summed E-state index contributed by atoms with van der Waals surface area (Å²) < 4.78 is 1.67. The summed E-state index contributed by atoms with van der Waals surface area (Å²) in [5, 5.41) is 20.0. The molecule has 2 aromatic carbocycles. The number of aliphatic hydroxyl groups is 1. The summed E-state index contributed by atoms with van der Waals surface area (Å²) in [6, 6.07) is 17.8. The molecule has 0 bridgehead atoms. The molecule has 0 fully saturated rings. The van der Waals surface area contributed by atoms with Gasteiger partial charge in [-0.1, -0.05) is 30.3 Å². The minimum absolute atomic E-state index is 0.240. The molecule has 0 unspecified atom stereocenters. The number of aliphatic hydroxyl groups excluding tert-OH is 1. The van der Waals surface area contributed by atoms with Gasteiger partial charge in [0.05, 0.1) is 23.9 Å². The molecule has 1 aliphatic heterocycles. The molecule has 1 atom stereocenters. The molecular formula is C26H23N5O3. The number of nitrogens with one attached hydrogen (secondary N) is 3. The highest BCUT2D eigenvalue weighted by molar-refractivity contribution is 6.35. The van der Waals surface area contributed by atoms with Crippen molar-refractivity contribution in [1.29, 1.82) is 0 Å². The average Bonchev–Trinajstić information content (AvgIpc) is 3.58. The number of aromatic nitrogens is 3. The zero-order valence-corrected chi connectivity index (χ0v) is 18.4. The van der Waals surface area contributed by atoms with Crippen molar-refractivity contribution in [1.82, 2.24) is 20.1 Å². The first-order valence-electron chi connectivity index (χ1n) is 10.8. The third kappa shape index (κ3) is 3.91. The normalized spacial score (nSPS) is 14.6. The number of hydrogen-bond acceptors (Lipinski definition) is 4. The quantitative estimate of drug-likeness (QED) is 0.335. The van der Waals surface area contributed by atoms with Gasteiger partial charge in [0, 0.05) is 47.5 Å². The number of aromatic amines is 1. The fraction of sp³-hybridized carbons (Fsp3) is 0.115. The van der Waals surface area contributed by atoms with E-state index in [0.717, 1.165) is 17.0 Å². The summed E-state index contributed by atoms with van der Waals surface area (Å²) in [6.07, 6.45) is 5.19. The third-order valence-corrected chi connectivity index (χ3v) is 5.89. The van der Waals surface area contributed by atoms with Crippen LogP contribution >= 0.6 is 0 Å². The molecule has 0 saturated carbocycles. The summed E-state index contributed by atoms with van der Waals surface area (Å²) in [6.45, 7) is -0.250. The van der Waals surface area contributed by atoms with E-state index in [1.165, 1.54) is 0 Å². The standard InChI is InChI=1S/C26H23N5O3/c1-31-24(9-11-28-31)19-14-22-18(20(25(33)29-22)12-17-8-5-10-27-17)13-21(19)26(34)30-23(15-32)16-6-3-2-4-7-16/h2-14,23,27,32H,15H2,1H3,(H,29,33)(H,30,34)/b20-12-/t23-/m1/s1. The predicted octanol–water partition coefficient (Wildman–Crippen LogP) is 3.37. The number of carbonyl (C=O) groups excluding carboxylic acids is 2. The number of nitrogens with zero attached hydrogens (tertiary/aromatic N) is 2. The van der Waals surface area contributed by atoms with Crippen molar-refractivity contribution in [2.45, 2.75) is 6.04 Å². The van der Waals surface area contributed by atoms with E-state index in [-0.39, 0.29) is 18.4 Å². The van der Waals surface area contributed by atoms with Crippen molar-refractivity contribution >= 4 is 29.2 Å². The fourth-order valence-electron chi connectivity index (χ4n) is 4.16. The molecule has 1 aliphatic rings. The lowest BCUT2D eigenvalue weighted by Gasteiger charge is -2.19. The van der Waals surface area contributed by atoms with E-state index in [0.29, 0.717) is 28.0 Å². The molecular weight excluding hydrogens is 430 g/mol. The molecule has 34 heavy (non-hydrogen) atoms. The van der Waals surface area contributed by atoms with Crippen molar-refractivity contribution in [3.8, 4) is 11.3 Å². The molecule has 170 valence electrons. The average molecular weight is 454 g/mol. The van der Waals surface area contributed by atoms with Crippen molar-refractivity contribution in [2.75, 3.05) is 11.9 Å². The maximum atomic E-state index is 13.5. The topological polar surface area (TPSA) is 112 Å². The van der Waals surface area contributed by atoms with Crippen LogP contribution in [0.2, 0.25) is 0 Å². The molecule has 2 aromatic heterocycles. The number of hydrogen-bond donors (Lipinski definition) is 4. The minimum Gasteiger partial charge on any atom is -0.394 e. The van der Waals surface area contributed by atoms with Crippen LogP contribution in [-0.2, 0) is 11.8 Å². The van der Waals surface area contributed by atoms with E-state index in [1.807, 2.05) is 48.5 Å². The first kappa shape index (κ1) is 21.4. The van der Waals surface area contributed by atoms with Crippen LogP contribution in [0.15, 0.2) is 73.1 Å². The number of rotatable bonds is 6. The van der Waals surface area contributed by atoms with E-state index in [1.54, 1.807) is 42.3 Å². The van der Waals surface area contributed by atoms with Crippen molar-refractivity contribution in [3.05, 3.63) is 95.4 Å². The van der Waals surface area contributed by atoms with Crippen LogP contribution in [0.4, 0.5) is 5.69 Å². The smallest absolute Gasteiger partial charge is 0.256 e. The highest BCUT2D eigenvalue weighted by Gasteiger charge is 2.29. The summed E-state index contributed by atoms with van der Waals surface area (Å²) >= 11 is 0. The van der Waals surface area contributed by atoms with Gasteiger partial charge >= 0.3 is 0 Å². The Labute approximate surface area is 195 Å². The Bertz CT molecular complexity index is 1390. The number of aryl methyl sites for hydroxylation is 1. The second kappa shape index (κ2) is 8.84. The third-order valence-electron chi connectivity index (χ3n) is 5.89. The molecule has 0 radical (unpaired) electrons. The Morgan fingerprint density at radius 2 is 1.97 bits per heavy atom. The lowest BCUT2D eigenvalue weighted by molar-refractivity contribution is -0.110. The predicted molar refractivity (Wildman–Crippen MR) is 130 cm³/mol. The van der Waals surface area contributed by atoms with Gasteiger partial charge in [-0.25, -0.2) is 0 Å². The minimum atomic E-state index is -0.574. The van der Waals surface area contributed by atoms with Crippen LogP contribution in [0.3, 0.4) is 0 Å². The second-order valence-electron chi connectivity index (χ2n) is 8.04. The van der Waals surface area contributed by atoms with E-state index in [4.69, 9.17) is 0 Å². The van der Waals surface area contributed by atoms with Gasteiger partial charge in [0.2, 0.25) is 0 Å². The van der Waals surface area contributed by atoms with E-state index in [2.05, 4.69) is 20.7 Å². The second-order valence-corrected chi connectivity index (χ2v) is 8.04. The Hall–Kier alpha value is -4.43. The SMILES string of the molecule is Cn1nccc1-c1cc2c(cc1C(=O)N[C@H](CO)c1ccccc1)/C(=C/c1ccc[nH]1)C(=O)N2. The van der Waals surface area contributed by atoms with E-state index < -0.39 is 6.04 Å². The van der Waals surface area contributed by atoms with Crippen molar-refractivity contribution < 1.29 is 14.7 Å². The molecule has 8 heteroatoms. The number of benzene rings is 2. The fourth-order valence-corrected chi connectivity index (χ4v) is 4.16. The molecule has 3 heterocycles. The van der Waals surface area contributed by atoms with Gasteiger partial charge in [-0.3, -0.25) is 14.3 Å². The van der Waals surface area contributed by atoms with Gasteiger partial charge in [-0.05, 0) is 42.0 Å². The van der Waals surface area contributed by atoms with Gasteiger partial charge in [0.25, 0.3) is 11.8 Å². The molecule has 8 nitrogen and oxygen atoms in total.